The summed E-state index contributed by atoms with van der Waals surface area (Å²) in [4.78, 5) is 38.4. The van der Waals surface area contributed by atoms with Crippen molar-refractivity contribution in [3.8, 4) is 0 Å². The smallest absolute Gasteiger partial charge is 0.265 e. The number of carbonyl (C=O) groups is 3. The molecule has 0 bridgehead atoms. The van der Waals surface area contributed by atoms with Crippen LogP contribution in [0.25, 0.3) is 0 Å². The lowest BCUT2D eigenvalue weighted by molar-refractivity contribution is -0.131. The molecule has 0 aliphatic carbocycles. The van der Waals surface area contributed by atoms with Crippen LogP contribution in [0.15, 0.2) is 18.2 Å². The lowest BCUT2D eigenvalue weighted by Crippen LogP contribution is -2.42. The van der Waals surface area contributed by atoms with Crippen LogP contribution in [0.4, 0.5) is 4.39 Å². The molecule has 5 nitrogen and oxygen atoms in total. The van der Waals surface area contributed by atoms with E-state index in [1.54, 1.807) is 0 Å². The minimum absolute atomic E-state index is 0.0161. The van der Waals surface area contributed by atoms with E-state index >= 15 is 0 Å². The molecule has 0 spiro atoms. The SMILES string of the molecule is CCN(CC)C(=O)CN1C(=O)c2cccc(F)c2C1=O. The maximum absolute atomic E-state index is 13.6. The zero-order valence-corrected chi connectivity index (χ0v) is 11.4. The number of hydrogen-bond donors (Lipinski definition) is 0. The lowest BCUT2D eigenvalue weighted by Gasteiger charge is -2.21. The third kappa shape index (κ3) is 2.17. The summed E-state index contributed by atoms with van der Waals surface area (Å²) in [5.74, 6) is -2.43. The fourth-order valence-corrected chi connectivity index (χ4v) is 2.25. The average Bonchev–Trinajstić information content (AvgIpc) is 2.66. The Bertz CT molecular complexity index is 582. The van der Waals surface area contributed by atoms with Gasteiger partial charge in [0.2, 0.25) is 5.91 Å². The van der Waals surface area contributed by atoms with E-state index in [9.17, 15) is 18.8 Å². The summed E-state index contributed by atoms with van der Waals surface area (Å²) in [6.45, 7) is 4.25. The third-order valence-electron chi connectivity index (χ3n) is 3.36. The molecule has 0 saturated carbocycles. The molecule has 1 aromatic carbocycles. The number of amides is 3. The van der Waals surface area contributed by atoms with E-state index in [-0.39, 0.29) is 23.6 Å². The molecule has 0 saturated heterocycles. The molecule has 1 heterocycles. The molecule has 0 aromatic heterocycles. The Morgan fingerprint density at radius 1 is 1.20 bits per heavy atom. The van der Waals surface area contributed by atoms with Gasteiger partial charge >= 0.3 is 0 Å². The molecule has 106 valence electrons. The van der Waals surface area contributed by atoms with Crippen molar-refractivity contribution < 1.29 is 18.8 Å². The second kappa shape index (κ2) is 5.40. The Hall–Kier alpha value is -2.24. The number of carbonyl (C=O) groups excluding carboxylic acids is 3. The number of rotatable bonds is 4. The zero-order chi connectivity index (χ0) is 14.9. The number of benzene rings is 1. The van der Waals surface area contributed by atoms with E-state index in [1.165, 1.54) is 17.0 Å². The standard InChI is InChI=1S/C14H15FN2O3/c1-3-16(4-2)11(18)8-17-13(19)9-6-5-7-10(15)12(9)14(17)20/h5-7H,3-4,8H2,1-2H3. The molecule has 0 atom stereocenters. The van der Waals surface area contributed by atoms with Crippen LogP contribution in [-0.2, 0) is 4.79 Å². The summed E-state index contributed by atoms with van der Waals surface area (Å²) in [7, 11) is 0. The van der Waals surface area contributed by atoms with E-state index in [2.05, 4.69) is 0 Å². The first-order chi connectivity index (χ1) is 9.51. The van der Waals surface area contributed by atoms with Gasteiger partial charge in [-0.1, -0.05) is 6.07 Å². The van der Waals surface area contributed by atoms with Gasteiger partial charge in [0.1, 0.15) is 12.4 Å². The number of halogens is 1. The Balaban J connectivity index is 2.25. The van der Waals surface area contributed by atoms with Gasteiger partial charge in [-0.05, 0) is 26.0 Å². The highest BCUT2D eigenvalue weighted by atomic mass is 19.1. The van der Waals surface area contributed by atoms with Crippen LogP contribution in [-0.4, -0.2) is 47.2 Å². The third-order valence-corrected chi connectivity index (χ3v) is 3.36. The molecule has 3 amide bonds. The monoisotopic (exact) mass is 278 g/mol. The topological polar surface area (TPSA) is 57.7 Å². The number of nitrogens with zero attached hydrogens (tertiary/aromatic N) is 2. The second-order valence-corrected chi connectivity index (χ2v) is 4.42. The molecule has 0 fully saturated rings. The van der Waals surface area contributed by atoms with Crippen molar-refractivity contribution >= 4 is 17.7 Å². The fourth-order valence-electron chi connectivity index (χ4n) is 2.25. The molecule has 0 N–H and O–H groups in total. The van der Waals surface area contributed by atoms with E-state index < -0.39 is 17.6 Å². The maximum Gasteiger partial charge on any atom is 0.265 e. The van der Waals surface area contributed by atoms with Crippen molar-refractivity contribution in [2.75, 3.05) is 19.6 Å². The number of fused-ring (bicyclic) bond motifs is 1. The van der Waals surface area contributed by atoms with Crippen LogP contribution >= 0.6 is 0 Å². The van der Waals surface area contributed by atoms with Gasteiger partial charge in [0.15, 0.2) is 0 Å². The minimum Gasteiger partial charge on any atom is -0.342 e. The first-order valence-electron chi connectivity index (χ1n) is 6.43. The predicted octanol–water partition coefficient (Wildman–Crippen LogP) is 1.29. The summed E-state index contributed by atoms with van der Waals surface area (Å²) in [5, 5.41) is 0. The Morgan fingerprint density at radius 3 is 2.40 bits per heavy atom. The van der Waals surface area contributed by atoms with Crippen molar-refractivity contribution in [3.63, 3.8) is 0 Å². The van der Waals surface area contributed by atoms with Gasteiger partial charge in [0.05, 0.1) is 11.1 Å². The predicted molar refractivity (Wildman–Crippen MR) is 69.7 cm³/mol. The van der Waals surface area contributed by atoms with Gasteiger partial charge in [-0.2, -0.15) is 0 Å². The Labute approximate surface area is 116 Å². The van der Waals surface area contributed by atoms with E-state index in [1.807, 2.05) is 13.8 Å². The first kappa shape index (κ1) is 14.2. The summed E-state index contributed by atoms with van der Waals surface area (Å²) in [5.41, 5.74) is -0.229. The van der Waals surface area contributed by atoms with E-state index in [4.69, 9.17) is 0 Å². The lowest BCUT2D eigenvalue weighted by atomic mass is 10.1. The van der Waals surface area contributed by atoms with Gasteiger partial charge in [-0.3, -0.25) is 19.3 Å². The average molecular weight is 278 g/mol. The van der Waals surface area contributed by atoms with Gasteiger partial charge in [0.25, 0.3) is 11.8 Å². The largest absolute Gasteiger partial charge is 0.342 e. The second-order valence-electron chi connectivity index (χ2n) is 4.42. The highest BCUT2D eigenvalue weighted by Crippen LogP contribution is 2.25. The molecule has 1 aromatic rings. The van der Waals surface area contributed by atoms with Crippen LogP contribution in [0.2, 0.25) is 0 Å². The van der Waals surface area contributed by atoms with Crippen LogP contribution in [0, 0.1) is 5.82 Å². The van der Waals surface area contributed by atoms with E-state index in [0.29, 0.717) is 13.1 Å². The highest BCUT2D eigenvalue weighted by molar-refractivity contribution is 6.22. The molecular formula is C14H15FN2O3. The number of imide groups is 1. The minimum atomic E-state index is -0.747. The van der Waals surface area contributed by atoms with Crippen LogP contribution in [0.1, 0.15) is 34.6 Å². The number of likely N-dealkylation sites (N-methyl/N-ethyl adjacent to an activating group) is 1. The summed E-state index contributed by atoms with van der Waals surface area (Å²) in [6, 6.07) is 3.88. The summed E-state index contributed by atoms with van der Waals surface area (Å²) < 4.78 is 13.6. The molecule has 6 heteroatoms. The van der Waals surface area contributed by atoms with Crippen molar-refractivity contribution in [1.29, 1.82) is 0 Å². The van der Waals surface area contributed by atoms with E-state index in [0.717, 1.165) is 11.0 Å². The van der Waals surface area contributed by atoms with Crippen molar-refractivity contribution in [2.45, 2.75) is 13.8 Å². The molecule has 1 aliphatic rings. The molecule has 0 unspecified atom stereocenters. The summed E-state index contributed by atoms with van der Waals surface area (Å²) in [6.07, 6.45) is 0. The molecule has 0 radical (unpaired) electrons. The van der Waals surface area contributed by atoms with Gasteiger partial charge in [-0.15, -0.1) is 0 Å². The first-order valence-corrected chi connectivity index (χ1v) is 6.43. The normalized spacial score (nSPS) is 13.7. The zero-order valence-electron chi connectivity index (χ0n) is 11.4. The van der Waals surface area contributed by atoms with Crippen LogP contribution in [0.5, 0.6) is 0 Å². The Kier molecular flexibility index (Phi) is 3.83. The van der Waals surface area contributed by atoms with Crippen LogP contribution < -0.4 is 0 Å². The van der Waals surface area contributed by atoms with Crippen LogP contribution in [0.3, 0.4) is 0 Å². The Morgan fingerprint density at radius 2 is 1.85 bits per heavy atom. The molecule has 2 rings (SSSR count). The number of hydrogen-bond acceptors (Lipinski definition) is 3. The fraction of sp³-hybridized carbons (Fsp3) is 0.357. The summed E-state index contributed by atoms with van der Waals surface area (Å²) >= 11 is 0. The van der Waals surface area contributed by atoms with Crippen molar-refractivity contribution in [2.24, 2.45) is 0 Å². The molecule has 20 heavy (non-hydrogen) atoms. The van der Waals surface area contributed by atoms with Gasteiger partial charge in [-0.25, -0.2) is 4.39 Å². The van der Waals surface area contributed by atoms with Gasteiger partial charge < -0.3 is 4.90 Å². The molecule has 1 aliphatic heterocycles. The van der Waals surface area contributed by atoms with Crippen molar-refractivity contribution in [1.82, 2.24) is 9.80 Å². The molecular weight excluding hydrogens is 263 g/mol. The van der Waals surface area contributed by atoms with Crippen molar-refractivity contribution in [3.05, 3.63) is 35.1 Å². The quantitative estimate of drug-likeness (QED) is 0.780. The highest BCUT2D eigenvalue weighted by Gasteiger charge is 2.39. The maximum atomic E-state index is 13.6. The van der Waals surface area contributed by atoms with Gasteiger partial charge in [0, 0.05) is 13.1 Å².